The zero-order valence-electron chi connectivity index (χ0n) is 13.7. The zero-order chi connectivity index (χ0) is 18.0. The second-order valence-electron chi connectivity index (χ2n) is 5.67. The van der Waals surface area contributed by atoms with Gasteiger partial charge in [0.25, 0.3) is 0 Å². The lowest BCUT2D eigenvalue weighted by molar-refractivity contribution is -0.114. The highest BCUT2D eigenvalue weighted by Gasteiger charge is 2.10. The molecule has 0 aliphatic heterocycles. The number of carbonyl (C=O) groups excluding carboxylic acids is 1. The molecule has 2 aromatic carbocycles. The third-order valence-corrected chi connectivity index (χ3v) is 3.64. The Balaban J connectivity index is 1.82. The fourth-order valence-electron chi connectivity index (χ4n) is 2.41. The van der Waals surface area contributed by atoms with Gasteiger partial charge in [-0.1, -0.05) is 0 Å². The van der Waals surface area contributed by atoms with Gasteiger partial charge < -0.3 is 15.7 Å². The lowest BCUT2D eigenvalue weighted by Crippen LogP contribution is -2.08. The van der Waals surface area contributed by atoms with Crippen LogP contribution in [0.4, 0.5) is 21.6 Å². The summed E-state index contributed by atoms with van der Waals surface area (Å²) in [6.07, 6.45) is 0. The van der Waals surface area contributed by atoms with Crippen molar-refractivity contribution in [3.63, 3.8) is 0 Å². The van der Waals surface area contributed by atoms with Crippen molar-refractivity contribution in [2.45, 2.75) is 13.8 Å². The topological polar surface area (TPSA) is 90.0 Å². The molecule has 0 atom stereocenters. The standard InChI is InChI=1S/C18H17FN4O2/c1-10-7-17(20-11(2)24)14(19)8-15(10)21-18-9-16(22-23-18)12-3-5-13(25)6-4-12/h3-9,25H,1-2H3,(H,20,24)(H2,21,22,23). The van der Waals surface area contributed by atoms with Gasteiger partial charge in [0.1, 0.15) is 11.6 Å². The average molecular weight is 340 g/mol. The van der Waals surface area contributed by atoms with Crippen LogP contribution in [-0.2, 0) is 4.79 Å². The molecule has 0 saturated carbocycles. The molecule has 0 saturated heterocycles. The summed E-state index contributed by atoms with van der Waals surface area (Å²) in [5, 5.41) is 21.9. The van der Waals surface area contributed by atoms with Gasteiger partial charge in [0.05, 0.1) is 11.4 Å². The predicted molar refractivity (Wildman–Crippen MR) is 94.4 cm³/mol. The Labute approximate surface area is 143 Å². The van der Waals surface area contributed by atoms with Gasteiger partial charge in [-0.15, -0.1) is 0 Å². The van der Waals surface area contributed by atoms with Crippen molar-refractivity contribution in [3.05, 3.63) is 53.8 Å². The van der Waals surface area contributed by atoms with Crippen LogP contribution in [0.25, 0.3) is 11.3 Å². The quantitative estimate of drug-likeness (QED) is 0.579. The Hall–Kier alpha value is -3.35. The number of hydrogen-bond donors (Lipinski definition) is 4. The third kappa shape index (κ3) is 3.77. The number of amides is 1. The van der Waals surface area contributed by atoms with Crippen molar-refractivity contribution in [3.8, 4) is 17.0 Å². The van der Waals surface area contributed by atoms with Crippen molar-refractivity contribution in [2.24, 2.45) is 0 Å². The van der Waals surface area contributed by atoms with Crippen molar-refractivity contribution in [2.75, 3.05) is 10.6 Å². The van der Waals surface area contributed by atoms with Gasteiger partial charge in [-0.2, -0.15) is 5.10 Å². The van der Waals surface area contributed by atoms with E-state index in [4.69, 9.17) is 0 Å². The number of benzene rings is 2. The van der Waals surface area contributed by atoms with Crippen molar-refractivity contribution in [1.29, 1.82) is 0 Å². The normalized spacial score (nSPS) is 10.5. The second-order valence-corrected chi connectivity index (χ2v) is 5.67. The van der Waals surface area contributed by atoms with Crippen LogP contribution in [-0.4, -0.2) is 21.2 Å². The summed E-state index contributed by atoms with van der Waals surface area (Å²) in [5.74, 6) is -0.146. The van der Waals surface area contributed by atoms with E-state index in [2.05, 4.69) is 20.8 Å². The van der Waals surface area contributed by atoms with E-state index in [1.165, 1.54) is 13.0 Å². The Morgan fingerprint density at radius 2 is 1.88 bits per heavy atom. The van der Waals surface area contributed by atoms with E-state index in [9.17, 15) is 14.3 Å². The maximum atomic E-state index is 14.1. The number of halogens is 1. The highest BCUT2D eigenvalue weighted by atomic mass is 19.1. The largest absolute Gasteiger partial charge is 0.508 e. The van der Waals surface area contributed by atoms with Gasteiger partial charge in [0.2, 0.25) is 5.91 Å². The molecular weight excluding hydrogens is 323 g/mol. The number of phenolic OH excluding ortho intramolecular Hbond substituents is 1. The molecule has 0 fully saturated rings. The number of aromatic nitrogens is 2. The minimum absolute atomic E-state index is 0.141. The molecule has 6 nitrogen and oxygen atoms in total. The molecule has 0 unspecified atom stereocenters. The molecule has 1 amide bonds. The van der Waals surface area contributed by atoms with Gasteiger partial charge in [0, 0.05) is 18.7 Å². The average Bonchev–Trinajstić information content (AvgIpc) is 3.01. The van der Waals surface area contributed by atoms with Crippen LogP contribution >= 0.6 is 0 Å². The molecule has 25 heavy (non-hydrogen) atoms. The summed E-state index contributed by atoms with van der Waals surface area (Å²) in [4.78, 5) is 11.1. The highest BCUT2D eigenvalue weighted by Crippen LogP contribution is 2.28. The summed E-state index contributed by atoms with van der Waals surface area (Å²) < 4.78 is 14.1. The van der Waals surface area contributed by atoms with Gasteiger partial charge in [0.15, 0.2) is 5.82 Å². The fourth-order valence-corrected chi connectivity index (χ4v) is 2.41. The first-order valence-electron chi connectivity index (χ1n) is 7.62. The second kappa shape index (κ2) is 6.64. The number of nitrogens with zero attached hydrogens (tertiary/aromatic N) is 1. The van der Waals surface area contributed by atoms with Crippen molar-refractivity contribution in [1.82, 2.24) is 10.2 Å². The van der Waals surface area contributed by atoms with E-state index in [1.807, 2.05) is 0 Å². The molecular formula is C18H17FN4O2. The smallest absolute Gasteiger partial charge is 0.221 e. The number of anilines is 3. The Kier molecular flexibility index (Phi) is 4.38. The molecule has 7 heteroatoms. The van der Waals surface area contributed by atoms with Gasteiger partial charge in [-0.3, -0.25) is 9.89 Å². The van der Waals surface area contributed by atoms with E-state index >= 15 is 0 Å². The number of rotatable bonds is 4. The van der Waals surface area contributed by atoms with Gasteiger partial charge in [-0.05, 0) is 54.4 Å². The molecule has 4 N–H and O–H groups in total. The van der Waals surface area contributed by atoms with Crippen LogP contribution in [0.3, 0.4) is 0 Å². The van der Waals surface area contributed by atoms with E-state index < -0.39 is 5.82 Å². The molecule has 0 aliphatic carbocycles. The molecule has 0 aliphatic rings. The molecule has 1 heterocycles. The minimum atomic E-state index is -0.530. The number of nitrogens with one attached hydrogen (secondary N) is 3. The lowest BCUT2D eigenvalue weighted by Gasteiger charge is -2.11. The summed E-state index contributed by atoms with van der Waals surface area (Å²) in [5.41, 5.74) is 3.08. The Morgan fingerprint density at radius 3 is 2.56 bits per heavy atom. The van der Waals surface area contributed by atoms with E-state index in [0.29, 0.717) is 11.5 Å². The lowest BCUT2D eigenvalue weighted by atomic mass is 10.1. The van der Waals surface area contributed by atoms with Crippen molar-refractivity contribution < 1.29 is 14.3 Å². The Bertz CT molecular complexity index is 919. The van der Waals surface area contributed by atoms with Crippen LogP contribution < -0.4 is 10.6 Å². The monoisotopic (exact) mass is 340 g/mol. The number of aryl methyl sites for hydroxylation is 1. The number of hydrogen-bond acceptors (Lipinski definition) is 4. The maximum Gasteiger partial charge on any atom is 0.221 e. The highest BCUT2D eigenvalue weighted by molar-refractivity contribution is 5.89. The summed E-state index contributed by atoms with van der Waals surface area (Å²) in [7, 11) is 0. The minimum Gasteiger partial charge on any atom is -0.508 e. The van der Waals surface area contributed by atoms with Gasteiger partial charge in [-0.25, -0.2) is 4.39 Å². The molecule has 3 aromatic rings. The Morgan fingerprint density at radius 1 is 1.16 bits per heavy atom. The van der Waals surface area contributed by atoms with Crippen LogP contribution in [0.5, 0.6) is 5.75 Å². The first kappa shape index (κ1) is 16.5. The summed E-state index contributed by atoms with van der Waals surface area (Å²) in [6.45, 7) is 3.14. The van der Waals surface area contributed by atoms with Crippen molar-refractivity contribution >= 4 is 23.1 Å². The fraction of sp³-hybridized carbons (Fsp3) is 0.111. The number of carbonyl (C=O) groups is 1. The van der Waals surface area contributed by atoms with Crippen LogP contribution in [0, 0.1) is 12.7 Å². The zero-order valence-corrected chi connectivity index (χ0v) is 13.7. The van der Waals surface area contributed by atoms with E-state index in [1.54, 1.807) is 43.3 Å². The van der Waals surface area contributed by atoms with Gasteiger partial charge >= 0.3 is 0 Å². The maximum absolute atomic E-state index is 14.1. The summed E-state index contributed by atoms with van der Waals surface area (Å²) in [6, 6.07) is 11.4. The van der Waals surface area contributed by atoms with Crippen LogP contribution in [0.1, 0.15) is 12.5 Å². The third-order valence-electron chi connectivity index (χ3n) is 3.64. The molecule has 3 rings (SSSR count). The first-order valence-corrected chi connectivity index (χ1v) is 7.62. The number of H-pyrrole nitrogens is 1. The molecule has 128 valence electrons. The predicted octanol–water partition coefficient (Wildman–Crippen LogP) is 3.93. The number of phenols is 1. The molecule has 0 radical (unpaired) electrons. The molecule has 0 spiro atoms. The van der Waals surface area contributed by atoms with E-state index in [0.717, 1.165) is 16.8 Å². The van der Waals surface area contributed by atoms with Crippen LogP contribution in [0.15, 0.2) is 42.5 Å². The molecule has 1 aromatic heterocycles. The number of aromatic hydroxyl groups is 1. The summed E-state index contributed by atoms with van der Waals surface area (Å²) >= 11 is 0. The number of aromatic amines is 1. The SMILES string of the molecule is CC(=O)Nc1cc(C)c(Nc2cc(-c3ccc(O)cc3)[nH]n2)cc1F. The van der Waals surface area contributed by atoms with Crippen LogP contribution in [0.2, 0.25) is 0 Å². The molecule has 0 bridgehead atoms. The first-order chi connectivity index (χ1) is 11.9. The van der Waals surface area contributed by atoms with E-state index in [-0.39, 0.29) is 17.3 Å².